The molecule has 0 amide bonds. The first-order chi connectivity index (χ1) is 11.4. The van der Waals surface area contributed by atoms with Crippen LogP contribution >= 0.6 is 0 Å². The van der Waals surface area contributed by atoms with E-state index in [1.807, 2.05) is 0 Å². The topological polar surface area (TPSA) is 133 Å². The fourth-order valence-corrected chi connectivity index (χ4v) is 1.43. The Bertz CT molecular complexity index is 630. The fourth-order valence-electron chi connectivity index (χ4n) is 1.19. The summed E-state index contributed by atoms with van der Waals surface area (Å²) in [7, 11) is -4.37. The largest absolute Gasteiger partial charge is 1.00 e. The molecule has 0 radical (unpaired) electrons. The van der Waals surface area contributed by atoms with E-state index in [-0.39, 0.29) is 42.1 Å². The number of hydrogen-bond donors (Lipinski definition) is 1. The summed E-state index contributed by atoms with van der Waals surface area (Å²) in [6, 6.07) is 0. The van der Waals surface area contributed by atoms with Crippen molar-refractivity contribution in [3.8, 4) is 0 Å². The Kier molecular flexibility index (Phi) is 12.7. The fraction of sp³-hybridized carbons (Fsp3) is 0.533. The van der Waals surface area contributed by atoms with E-state index in [2.05, 4.69) is 13.2 Å². The second kappa shape index (κ2) is 12.2. The minimum atomic E-state index is -4.37. The van der Waals surface area contributed by atoms with Crippen LogP contribution in [0.2, 0.25) is 0 Å². The summed E-state index contributed by atoms with van der Waals surface area (Å²) in [6.45, 7) is 9.17. The molecular weight excluding hydrogens is 379 g/mol. The molecule has 0 aromatic heterocycles. The van der Waals surface area contributed by atoms with E-state index < -0.39 is 59.0 Å². The van der Waals surface area contributed by atoms with Crippen LogP contribution in [0.1, 0.15) is 22.2 Å². The number of esters is 3. The van der Waals surface area contributed by atoms with Gasteiger partial charge < -0.3 is 15.6 Å². The van der Waals surface area contributed by atoms with Gasteiger partial charge in [-0.1, -0.05) is 13.2 Å². The van der Waals surface area contributed by atoms with Crippen molar-refractivity contribution in [3.63, 3.8) is 0 Å². The molecule has 1 N–H and O–H groups in total. The Balaban J connectivity index is -0.00000288. The summed E-state index contributed by atoms with van der Waals surface area (Å²) >= 11 is 0. The third-order valence-electron chi connectivity index (χ3n) is 2.83. The number of carbonyl (C=O) groups is 3. The number of ether oxygens (including phenoxy) is 3. The molecule has 1 unspecified atom stereocenters. The van der Waals surface area contributed by atoms with Crippen LogP contribution in [0.25, 0.3) is 0 Å². The van der Waals surface area contributed by atoms with Crippen molar-refractivity contribution in [2.45, 2.75) is 26.0 Å². The van der Waals surface area contributed by atoms with Gasteiger partial charge in [0.1, 0.15) is 31.0 Å². The van der Waals surface area contributed by atoms with Crippen molar-refractivity contribution in [1.82, 2.24) is 0 Å². The zero-order chi connectivity index (χ0) is 19.8. The molecule has 144 valence electrons. The van der Waals surface area contributed by atoms with Gasteiger partial charge in [-0.2, -0.15) is 8.42 Å². The van der Waals surface area contributed by atoms with Crippen LogP contribution in [0.4, 0.5) is 0 Å². The zero-order valence-corrected chi connectivity index (χ0v) is 18.1. The molecule has 1 atom stereocenters. The smallest absolute Gasteiger partial charge is 1.00 e. The molecule has 11 heteroatoms. The van der Waals surface area contributed by atoms with Crippen LogP contribution < -0.4 is 29.6 Å². The van der Waals surface area contributed by atoms with E-state index in [1.54, 1.807) is 0 Å². The van der Waals surface area contributed by atoms with E-state index in [0.717, 1.165) is 6.92 Å². The summed E-state index contributed by atoms with van der Waals surface area (Å²) in [5.41, 5.74) is 0.206. The predicted molar refractivity (Wildman–Crippen MR) is 88.1 cm³/mol. The first-order valence-corrected chi connectivity index (χ1v) is 8.64. The Labute approximate surface area is 176 Å². The second-order valence-electron chi connectivity index (χ2n) is 5.41. The Morgan fingerprint density at radius 1 is 0.962 bits per heavy atom. The average Bonchev–Trinajstić information content (AvgIpc) is 2.50. The Hall–Kier alpha value is -1.20. The minimum Gasteiger partial charge on any atom is -1.00 e. The number of rotatable bonds is 10. The molecular formula is C15H23NaO9S. The van der Waals surface area contributed by atoms with Crippen molar-refractivity contribution in [3.05, 3.63) is 24.3 Å². The molecule has 0 fully saturated rings. The van der Waals surface area contributed by atoms with Gasteiger partial charge in [0.05, 0.1) is 0 Å². The van der Waals surface area contributed by atoms with Gasteiger partial charge in [-0.15, -0.1) is 0 Å². The zero-order valence-electron chi connectivity index (χ0n) is 16.3. The molecule has 0 aliphatic heterocycles. The van der Waals surface area contributed by atoms with Gasteiger partial charge in [-0.25, -0.2) is 9.59 Å². The summed E-state index contributed by atoms with van der Waals surface area (Å²) in [6.07, 6.45) is 0. The van der Waals surface area contributed by atoms with Gasteiger partial charge in [0.15, 0.2) is 0 Å². The SMILES string of the molecule is C=C(C)C(=O)OCC(COC(=O)C(=C)C)C(=O)OCC(C)S(=O)(=O)O.[H-].[Na+]. The molecule has 26 heavy (non-hydrogen) atoms. The van der Waals surface area contributed by atoms with Crippen LogP contribution in [0, 0.1) is 5.92 Å². The molecule has 0 bridgehead atoms. The van der Waals surface area contributed by atoms with Gasteiger partial charge in [0, 0.05) is 11.1 Å². The van der Waals surface area contributed by atoms with Gasteiger partial charge in [0.2, 0.25) is 0 Å². The predicted octanol–water partition coefficient (Wildman–Crippen LogP) is -2.22. The van der Waals surface area contributed by atoms with Crippen molar-refractivity contribution in [1.29, 1.82) is 0 Å². The maximum Gasteiger partial charge on any atom is 1.00 e. The van der Waals surface area contributed by atoms with Gasteiger partial charge in [0.25, 0.3) is 10.1 Å². The van der Waals surface area contributed by atoms with Crippen molar-refractivity contribution >= 4 is 28.0 Å². The Morgan fingerprint density at radius 2 is 1.35 bits per heavy atom. The monoisotopic (exact) mass is 402 g/mol. The minimum absolute atomic E-state index is 0. The molecule has 0 aliphatic carbocycles. The Morgan fingerprint density at radius 3 is 1.65 bits per heavy atom. The summed E-state index contributed by atoms with van der Waals surface area (Å²) in [5.74, 6) is -3.65. The van der Waals surface area contributed by atoms with Crippen molar-refractivity contribution in [2.75, 3.05) is 19.8 Å². The van der Waals surface area contributed by atoms with Gasteiger partial charge >= 0.3 is 47.5 Å². The first kappa shape index (κ1) is 27.0. The summed E-state index contributed by atoms with van der Waals surface area (Å²) in [5, 5.41) is -1.34. The molecule has 0 aromatic rings. The van der Waals surface area contributed by atoms with Crippen molar-refractivity contribution in [2.24, 2.45) is 5.92 Å². The van der Waals surface area contributed by atoms with E-state index in [0.29, 0.717) is 0 Å². The first-order valence-electron chi connectivity index (χ1n) is 7.14. The molecule has 0 aromatic carbocycles. The van der Waals surface area contributed by atoms with Gasteiger partial charge in [-0.3, -0.25) is 9.35 Å². The molecule has 0 aliphatic rings. The van der Waals surface area contributed by atoms with Crippen LogP contribution in [0.15, 0.2) is 24.3 Å². The molecule has 9 nitrogen and oxygen atoms in total. The second-order valence-corrected chi connectivity index (χ2v) is 7.24. The maximum atomic E-state index is 12.0. The van der Waals surface area contributed by atoms with E-state index in [9.17, 15) is 22.8 Å². The average molecular weight is 402 g/mol. The number of carbonyl (C=O) groups excluding carboxylic acids is 3. The molecule has 0 saturated carbocycles. The summed E-state index contributed by atoms with van der Waals surface area (Å²) < 4.78 is 45.1. The van der Waals surface area contributed by atoms with Crippen molar-refractivity contribution < 1.29 is 72.5 Å². The molecule has 0 rings (SSSR count). The molecule has 0 saturated heterocycles. The molecule has 0 heterocycles. The van der Waals surface area contributed by atoms with Crippen LogP contribution in [0.5, 0.6) is 0 Å². The normalized spacial score (nSPS) is 11.7. The molecule has 0 spiro atoms. The van der Waals surface area contributed by atoms with E-state index >= 15 is 0 Å². The van der Waals surface area contributed by atoms with Gasteiger partial charge in [-0.05, 0) is 20.8 Å². The third-order valence-corrected chi connectivity index (χ3v) is 3.98. The van der Waals surface area contributed by atoms with Crippen LogP contribution in [0.3, 0.4) is 0 Å². The standard InChI is InChI=1S/C15H22O9S.Na.H/c1-9(2)13(16)23-7-12(8-24-14(17)10(3)4)15(18)22-6-11(5)25(19,20)21;;/h11-12H,1,3,6-8H2,2,4-5H3,(H,19,20,21);;/q;+1;-1. The quantitative estimate of drug-likeness (QED) is 0.142. The third kappa shape index (κ3) is 10.7. The maximum absolute atomic E-state index is 12.0. The number of hydrogen-bond acceptors (Lipinski definition) is 8. The summed E-state index contributed by atoms with van der Waals surface area (Å²) in [4.78, 5) is 34.8. The van der Waals surface area contributed by atoms with Crippen LogP contribution in [-0.2, 0) is 38.7 Å². The van der Waals surface area contributed by atoms with E-state index in [1.165, 1.54) is 13.8 Å². The van der Waals surface area contributed by atoms with E-state index in [4.69, 9.17) is 18.8 Å². The van der Waals surface area contributed by atoms with Crippen LogP contribution in [-0.4, -0.2) is 55.9 Å².